The molecule has 0 saturated carbocycles. The van der Waals surface area contributed by atoms with E-state index < -0.39 is 0 Å². The first-order valence-corrected chi connectivity index (χ1v) is 7.19. The SMILES string of the molecule is CCCNC(c1cccc(CC)c1)c1ccc(Cl)o1. The zero-order valence-corrected chi connectivity index (χ0v) is 12.2. The molecule has 1 N–H and O–H groups in total. The third-order valence-electron chi connectivity index (χ3n) is 3.17. The minimum absolute atomic E-state index is 0.0685. The molecular weight excluding hydrogens is 258 g/mol. The highest BCUT2D eigenvalue weighted by atomic mass is 35.5. The van der Waals surface area contributed by atoms with Gasteiger partial charge in [-0.1, -0.05) is 38.1 Å². The topological polar surface area (TPSA) is 25.2 Å². The Balaban J connectivity index is 2.30. The van der Waals surface area contributed by atoms with Crippen LogP contribution in [0.1, 0.15) is 43.2 Å². The molecule has 19 heavy (non-hydrogen) atoms. The molecule has 0 aliphatic carbocycles. The van der Waals surface area contributed by atoms with E-state index in [0.29, 0.717) is 5.22 Å². The smallest absolute Gasteiger partial charge is 0.193 e. The molecule has 0 saturated heterocycles. The standard InChI is InChI=1S/C16H20ClNO/c1-3-10-18-16(14-8-9-15(17)19-14)13-7-5-6-12(4-2)11-13/h5-9,11,16,18H,3-4,10H2,1-2H3. The van der Waals surface area contributed by atoms with Crippen LogP contribution in [0.2, 0.25) is 5.22 Å². The number of halogens is 1. The maximum atomic E-state index is 5.89. The van der Waals surface area contributed by atoms with Crippen molar-refractivity contribution < 1.29 is 4.42 Å². The van der Waals surface area contributed by atoms with Gasteiger partial charge in [-0.3, -0.25) is 0 Å². The lowest BCUT2D eigenvalue weighted by Gasteiger charge is -2.17. The van der Waals surface area contributed by atoms with Gasteiger partial charge in [0.1, 0.15) is 5.76 Å². The number of rotatable bonds is 6. The van der Waals surface area contributed by atoms with Crippen molar-refractivity contribution in [2.45, 2.75) is 32.7 Å². The van der Waals surface area contributed by atoms with Gasteiger partial charge < -0.3 is 9.73 Å². The second kappa shape index (κ2) is 6.78. The van der Waals surface area contributed by atoms with Gasteiger partial charge in [0.25, 0.3) is 0 Å². The van der Waals surface area contributed by atoms with E-state index in [2.05, 4.69) is 43.4 Å². The Kier molecular flexibility index (Phi) is 5.06. The Labute approximate surface area is 119 Å². The molecular formula is C16H20ClNO. The first-order valence-electron chi connectivity index (χ1n) is 6.82. The van der Waals surface area contributed by atoms with E-state index in [1.807, 2.05) is 6.07 Å². The van der Waals surface area contributed by atoms with E-state index in [-0.39, 0.29) is 6.04 Å². The van der Waals surface area contributed by atoms with Crippen LogP contribution in [0.4, 0.5) is 0 Å². The van der Waals surface area contributed by atoms with Crippen molar-refractivity contribution in [2.24, 2.45) is 0 Å². The van der Waals surface area contributed by atoms with Gasteiger partial charge in [-0.15, -0.1) is 0 Å². The van der Waals surface area contributed by atoms with Crippen molar-refractivity contribution in [3.63, 3.8) is 0 Å². The Morgan fingerprint density at radius 3 is 2.68 bits per heavy atom. The fourth-order valence-corrected chi connectivity index (χ4v) is 2.30. The minimum Gasteiger partial charge on any atom is -0.448 e. The van der Waals surface area contributed by atoms with Gasteiger partial charge in [0.05, 0.1) is 6.04 Å². The quantitative estimate of drug-likeness (QED) is 0.836. The maximum Gasteiger partial charge on any atom is 0.193 e. The summed E-state index contributed by atoms with van der Waals surface area (Å²) in [5.41, 5.74) is 2.55. The molecule has 102 valence electrons. The van der Waals surface area contributed by atoms with Crippen molar-refractivity contribution in [2.75, 3.05) is 6.54 Å². The van der Waals surface area contributed by atoms with Crippen LogP contribution in [0.25, 0.3) is 0 Å². The van der Waals surface area contributed by atoms with Crippen molar-refractivity contribution >= 4 is 11.6 Å². The molecule has 0 aliphatic heterocycles. The third kappa shape index (κ3) is 3.62. The van der Waals surface area contributed by atoms with Gasteiger partial charge in [-0.25, -0.2) is 0 Å². The van der Waals surface area contributed by atoms with Crippen LogP contribution in [0.3, 0.4) is 0 Å². The number of nitrogens with one attached hydrogen (secondary N) is 1. The van der Waals surface area contributed by atoms with Crippen molar-refractivity contribution in [3.05, 3.63) is 58.5 Å². The first-order chi connectivity index (χ1) is 9.24. The molecule has 0 amide bonds. The molecule has 3 heteroatoms. The van der Waals surface area contributed by atoms with Crippen LogP contribution in [-0.4, -0.2) is 6.54 Å². The molecule has 0 aliphatic rings. The van der Waals surface area contributed by atoms with Gasteiger partial charge in [-0.05, 0) is 54.2 Å². The fraction of sp³-hybridized carbons (Fsp3) is 0.375. The monoisotopic (exact) mass is 277 g/mol. The highest BCUT2D eigenvalue weighted by molar-refractivity contribution is 6.28. The molecule has 2 nitrogen and oxygen atoms in total. The van der Waals surface area contributed by atoms with Gasteiger partial charge in [0, 0.05) is 0 Å². The summed E-state index contributed by atoms with van der Waals surface area (Å²) >= 11 is 5.89. The van der Waals surface area contributed by atoms with Gasteiger partial charge in [0.2, 0.25) is 0 Å². The summed E-state index contributed by atoms with van der Waals surface area (Å²) in [7, 11) is 0. The highest BCUT2D eigenvalue weighted by Gasteiger charge is 2.17. The van der Waals surface area contributed by atoms with Crippen LogP contribution < -0.4 is 5.32 Å². The zero-order valence-electron chi connectivity index (χ0n) is 11.4. The van der Waals surface area contributed by atoms with E-state index in [4.69, 9.17) is 16.0 Å². The molecule has 0 fully saturated rings. The molecule has 1 heterocycles. The van der Waals surface area contributed by atoms with Crippen molar-refractivity contribution in [1.82, 2.24) is 5.32 Å². The summed E-state index contributed by atoms with van der Waals surface area (Å²) in [6, 6.07) is 12.4. The summed E-state index contributed by atoms with van der Waals surface area (Å²) in [5.74, 6) is 0.867. The van der Waals surface area contributed by atoms with E-state index in [1.54, 1.807) is 6.07 Å². The van der Waals surface area contributed by atoms with Gasteiger partial charge >= 0.3 is 0 Å². The molecule has 2 rings (SSSR count). The van der Waals surface area contributed by atoms with E-state index in [9.17, 15) is 0 Å². The summed E-state index contributed by atoms with van der Waals surface area (Å²) in [6.45, 7) is 5.26. The highest BCUT2D eigenvalue weighted by Crippen LogP contribution is 2.26. The molecule has 0 spiro atoms. The predicted octanol–water partition coefficient (Wildman–Crippen LogP) is 4.58. The van der Waals surface area contributed by atoms with Crippen LogP contribution >= 0.6 is 11.6 Å². The van der Waals surface area contributed by atoms with Crippen LogP contribution in [-0.2, 0) is 6.42 Å². The molecule has 2 aromatic rings. The average Bonchev–Trinajstić information content (AvgIpc) is 2.86. The Bertz CT molecular complexity index is 521. The number of aryl methyl sites for hydroxylation is 1. The number of hydrogen-bond donors (Lipinski definition) is 1. The second-order valence-corrected chi connectivity index (χ2v) is 5.00. The Morgan fingerprint density at radius 2 is 2.05 bits per heavy atom. The number of furan rings is 1. The zero-order chi connectivity index (χ0) is 13.7. The average molecular weight is 278 g/mol. The number of benzene rings is 1. The molecule has 1 unspecified atom stereocenters. The molecule has 1 aromatic carbocycles. The van der Waals surface area contributed by atoms with Gasteiger partial charge in [0.15, 0.2) is 5.22 Å². The Hall–Kier alpha value is -1.25. The van der Waals surface area contributed by atoms with Gasteiger partial charge in [-0.2, -0.15) is 0 Å². The third-order valence-corrected chi connectivity index (χ3v) is 3.37. The molecule has 0 radical (unpaired) electrons. The summed E-state index contributed by atoms with van der Waals surface area (Å²) in [4.78, 5) is 0. The van der Waals surface area contributed by atoms with E-state index in [0.717, 1.165) is 25.1 Å². The van der Waals surface area contributed by atoms with E-state index >= 15 is 0 Å². The molecule has 1 aromatic heterocycles. The summed E-state index contributed by atoms with van der Waals surface area (Å²) in [6.07, 6.45) is 2.12. The lowest BCUT2D eigenvalue weighted by molar-refractivity contribution is 0.448. The Morgan fingerprint density at radius 1 is 1.21 bits per heavy atom. The lowest BCUT2D eigenvalue weighted by atomic mass is 10.0. The van der Waals surface area contributed by atoms with E-state index in [1.165, 1.54) is 11.1 Å². The second-order valence-electron chi connectivity index (χ2n) is 4.63. The normalized spacial score (nSPS) is 12.6. The minimum atomic E-state index is 0.0685. The number of hydrogen-bond acceptors (Lipinski definition) is 2. The summed E-state index contributed by atoms with van der Waals surface area (Å²) in [5, 5.41) is 3.95. The van der Waals surface area contributed by atoms with Crippen molar-refractivity contribution in [1.29, 1.82) is 0 Å². The van der Waals surface area contributed by atoms with Crippen LogP contribution in [0, 0.1) is 0 Å². The molecule has 1 atom stereocenters. The maximum absolute atomic E-state index is 5.89. The molecule has 0 bridgehead atoms. The van der Waals surface area contributed by atoms with Crippen LogP contribution in [0.15, 0.2) is 40.8 Å². The fourth-order valence-electron chi connectivity index (χ4n) is 2.15. The van der Waals surface area contributed by atoms with Crippen LogP contribution in [0.5, 0.6) is 0 Å². The predicted molar refractivity (Wildman–Crippen MR) is 79.7 cm³/mol. The first kappa shape index (κ1) is 14.2. The largest absolute Gasteiger partial charge is 0.448 e. The lowest BCUT2D eigenvalue weighted by Crippen LogP contribution is -2.22. The van der Waals surface area contributed by atoms with Crippen molar-refractivity contribution in [3.8, 4) is 0 Å². The summed E-state index contributed by atoms with van der Waals surface area (Å²) < 4.78 is 5.57.